The molecule has 2 aromatic rings. The number of anilines is 1. The van der Waals surface area contributed by atoms with Gasteiger partial charge in [0.25, 0.3) is 5.69 Å². The lowest BCUT2D eigenvalue weighted by Crippen LogP contribution is -2.49. The van der Waals surface area contributed by atoms with E-state index < -0.39 is 34.7 Å². The average Bonchev–Trinajstić information content (AvgIpc) is 3.38. The Bertz CT molecular complexity index is 1350. The molecule has 1 saturated carbocycles. The molecule has 3 amide bonds. The summed E-state index contributed by atoms with van der Waals surface area (Å²) in [4.78, 5) is 55.5. The molecule has 0 spiro atoms. The Balaban J connectivity index is 1.40. The van der Waals surface area contributed by atoms with E-state index in [1.54, 1.807) is 11.1 Å². The smallest absolute Gasteiger partial charge is 0.271 e. The number of hydrogen-bond acceptors (Lipinski definition) is 6. The summed E-state index contributed by atoms with van der Waals surface area (Å²) in [6.07, 6.45) is 8.23. The molecular formula is C27H25ClN4O5. The van der Waals surface area contributed by atoms with Crippen LogP contribution in [0.1, 0.15) is 49.3 Å². The molecule has 190 valence electrons. The molecule has 4 aliphatic rings. The molecule has 3 aliphatic heterocycles. The monoisotopic (exact) mass is 520 g/mol. The Labute approximate surface area is 218 Å². The Morgan fingerprint density at radius 1 is 1.03 bits per heavy atom. The van der Waals surface area contributed by atoms with Crippen LogP contribution < -0.4 is 5.32 Å². The van der Waals surface area contributed by atoms with Crippen molar-refractivity contribution < 1.29 is 19.3 Å². The number of carbonyl (C=O) groups is 3. The van der Waals surface area contributed by atoms with Gasteiger partial charge in [0.2, 0.25) is 17.7 Å². The summed E-state index contributed by atoms with van der Waals surface area (Å²) in [5.41, 5.74) is 1.71. The molecule has 3 heterocycles. The summed E-state index contributed by atoms with van der Waals surface area (Å²) >= 11 is 6.25. The molecule has 9 nitrogen and oxygen atoms in total. The van der Waals surface area contributed by atoms with Crippen LogP contribution in [0.25, 0.3) is 6.08 Å². The molecule has 0 bridgehead atoms. The van der Waals surface area contributed by atoms with Gasteiger partial charge in [0.15, 0.2) is 0 Å². The first-order chi connectivity index (χ1) is 17.9. The number of amides is 3. The first kappa shape index (κ1) is 23.7. The number of imide groups is 1. The fourth-order valence-corrected chi connectivity index (χ4v) is 6.67. The second-order valence-electron chi connectivity index (χ2n) is 10.1. The van der Waals surface area contributed by atoms with Crippen LogP contribution >= 0.6 is 11.6 Å². The summed E-state index contributed by atoms with van der Waals surface area (Å²) in [5.74, 6) is -2.63. The van der Waals surface area contributed by atoms with E-state index in [0.717, 1.165) is 43.2 Å². The van der Waals surface area contributed by atoms with Gasteiger partial charge in [-0.3, -0.25) is 29.4 Å². The van der Waals surface area contributed by atoms with E-state index in [4.69, 9.17) is 11.6 Å². The number of halogens is 1. The number of nitrogens with one attached hydrogen (secondary N) is 1. The molecule has 2 aromatic carbocycles. The quantitative estimate of drug-likeness (QED) is 0.360. The summed E-state index contributed by atoms with van der Waals surface area (Å²) < 4.78 is 0. The highest BCUT2D eigenvalue weighted by atomic mass is 35.5. The van der Waals surface area contributed by atoms with Gasteiger partial charge in [-0.05, 0) is 36.1 Å². The van der Waals surface area contributed by atoms with Gasteiger partial charge in [0.1, 0.15) is 6.04 Å². The van der Waals surface area contributed by atoms with Crippen molar-refractivity contribution in [1.29, 1.82) is 0 Å². The predicted octanol–water partition coefficient (Wildman–Crippen LogP) is 4.53. The third-order valence-electron chi connectivity index (χ3n) is 8.12. The van der Waals surface area contributed by atoms with E-state index in [9.17, 15) is 24.5 Å². The number of fused-ring (bicyclic) bond motifs is 5. The molecule has 3 fully saturated rings. The van der Waals surface area contributed by atoms with Crippen LogP contribution in [0.15, 0.2) is 48.7 Å². The van der Waals surface area contributed by atoms with Crippen molar-refractivity contribution in [2.45, 2.75) is 50.2 Å². The maximum Gasteiger partial charge on any atom is 0.271 e. The van der Waals surface area contributed by atoms with Gasteiger partial charge in [0.05, 0.1) is 33.5 Å². The first-order valence-electron chi connectivity index (χ1n) is 12.5. The zero-order valence-electron chi connectivity index (χ0n) is 19.9. The number of nitrogens with zero attached hydrogens (tertiary/aromatic N) is 3. The Hall–Kier alpha value is -3.72. The Kier molecular flexibility index (Phi) is 5.75. The molecule has 2 saturated heterocycles. The van der Waals surface area contributed by atoms with E-state index in [0.29, 0.717) is 0 Å². The van der Waals surface area contributed by atoms with Crippen LogP contribution in [-0.2, 0) is 14.4 Å². The normalized spacial score (nSPS) is 26.6. The van der Waals surface area contributed by atoms with Crippen molar-refractivity contribution >= 4 is 46.8 Å². The molecule has 6 rings (SSSR count). The van der Waals surface area contributed by atoms with Crippen molar-refractivity contribution in [3.05, 3.63) is 74.9 Å². The molecule has 4 atom stereocenters. The van der Waals surface area contributed by atoms with Crippen LogP contribution in [0.5, 0.6) is 0 Å². The van der Waals surface area contributed by atoms with Gasteiger partial charge in [0, 0.05) is 24.4 Å². The van der Waals surface area contributed by atoms with Crippen molar-refractivity contribution in [3.63, 3.8) is 0 Å². The number of carbonyl (C=O) groups excluding carboxylic acids is 3. The van der Waals surface area contributed by atoms with Crippen molar-refractivity contribution in [1.82, 2.24) is 9.80 Å². The highest BCUT2D eigenvalue weighted by molar-refractivity contribution is 6.34. The van der Waals surface area contributed by atoms with E-state index in [-0.39, 0.29) is 34.3 Å². The summed E-state index contributed by atoms with van der Waals surface area (Å²) in [5, 5.41) is 14.1. The van der Waals surface area contributed by atoms with E-state index in [1.165, 1.54) is 23.1 Å². The minimum absolute atomic E-state index is 0.0863. The highest BCUT2D eigenvalue weighted by Gasteiger charge is 2.65. The van der Waals surface area contributed by atoms with Crippen LogP contribution in [-0.4, -0.2) is 44.5 Å². The van der Waals surface area contributed by atoms with Crippen LogP contribution in [0.4, 0.5) is 11.4 Å². The van der Waals surface area contributed by atoms with Gasteiger partial charge in [-0.1, -0.05) is 55.1 Å². The SMILES string of the molecule is O=C(Nc1cc([N+](=O)[O-])ccc1Cl)[C@@H]1[C@@H]2C(=O)N(C3CCCCC3)C(=O)[C@@H]2C2c3ccccc3C=CN21. The second-order valence-corrected chi connectivity index (χ2v) is 10.5. The third kappa shape index (κ3) is 3.71. The van der Waals surface area contributed by atoms with E-state index in [2.05, 4.69) is 5.32 Å². The lowest BCUT2D eigenvalue weighted by atomic mass is 9.84. The maximum atomic E-state index is 13.9. The second kappa shape index (κ2) is 8.99. The summed E-state index contributed by atoms with van der Waals surface area (Å²) in [7, 11) is 0. The number of rotatable bonds is 4. The van der Waals surface area contributed by atoms with Crippen LogP contribution in [0, 0.1) is 22.0 Å². The molecule has 37 heavy (non-hydrogen) atoms. The molecule has 10 heteroatoms. The van der Waals surface area contributed by atoms with Crippen molar-refractivity contribution in [2.75, 3.05) is 5.32 Å². The number of benzene rings is 2. The Morgan fingerprint density at radius 3 is 2.51 bits per heavy atom. The fourth-order valence-electron chi connectivity index (χ4n) is 6.51. The molecule has 0 aromatic heterocycles. The molecule has 1 aliphatic carbocycles. The highest BCUT2D eigenvalue weighted by Crippen LogP contribution is 2.53. The van der Waals surface area contributed by atoms with Gasteiger partial charge >= 0.3 is 0 Å². The summed E-state index contributed by atoms with van der Waals surface area (Å²) in [6, 6.07) is 9.91. The summed E-state index contributed by atoms with van der Waals surface area (Å²) in [6.45, 7) is 0. The first-order valence-corrected chi connectivity index (χ1v) is 12.9. The van der Waals surface area contributed by atoms with Crippen LogP contribution in [0.2, 0.25) is 5.02 Å². The molecular weight excluding hydrogens is 496 g/mol. The van der Waals surface area contributed by atoms with E-state index >= 15 is 0 Å². The molecule has 1 N–H and O–H groups in total. The van der Waals surface area contributed by atoms with Crippen LogP contribution in [0.3, 0.4) is 0 Å². The largest absolute Gasteiger partial charge is 0.357 e. The zero-order valence-corrected chi connectivity index (χ0v) is 20.6. The van der Waals surface area contributed by atoms with Crippen molar-refractivity contribution in [2.24, 2.45) is 11.8 Å². The number of nitro benzene ring substituents is 1. The lowest BCUT2D eigenvalue weighted by Gasteiger charge is -2.37. The minimum atomic E-state index is -0.972. The van der Waals surface area contributed by atoms with Gasteiger partial charge in [-0.2, -0.15) is 0 Å². The number of non-ortho nitro benzene ring substituents is 1. The maximum absolute atomic E-state index is 13.9. The standard InChI is InChI=1S/C27H25ClN4O5/c28-19-11-10-17(32(36)37)14-20(19)29-25(33)24-22-21(23-18-9-5-4-6-15(18)12-13-30(23)24)26(34)31(27(22)35)16-7-2-1-3-8-16/h4-6,9-14,16,21-24H,1-3,7-8H2,(H,29,33)/t21-,22+,23?,24-/m0/s1. The van der Waals surface area contributed by atoms with Gasteiger partial charge in [-0.15, -0.1) is 0 Å². The van der Waals surface area contributed by atoms with Crippen molar-refractivity contribution in [3.8, 4) is 0 Å². The van der Waals surface area contributed by atoms with Gasteiger partial charge in [-0.25, -0.2) is 0 Å². The zero-order chi connectivity index (χ0) is 25.8. The average molecular weight is 521 g/mol. The Morgan fingerprint density at radius 2 is 1.76 bits per heavy atom. The third-order valence-corrected chi connectivity index (χ3v) is 8.45. The number of nitro groups is 1. The number of likely N-dealkylation sites (tertiary alicyclic amines) is 1. The van der Waals surface area contributed by atoms with E-state index in [1.807, 2.05) is 30.3 Å². The number of hydrogen-bond donors (Lipinski definition) is 1. The molecule has 1 unspecified atom stereocenters. The van der Waals surface area contributed by atoms with Gasteiger partial charge < -0.3 is 10.2 Å². The molecule has 0 radical (unpaired) electrons. The minimum Gasteiger partial charge on any atom is -0.357 e. The lowest BCUT2D eigenvalue weighted by molar-refractivity contribution is -0.384. The predicted molar refractivity (Wildman–Crippen MR) is 136 cm³/mol. The fraction of sp³-hybridized carbons (Fsp3) is 0.370. The topological polar surface area (TPSA) is 113 Å².